The lowest BCUT2D eigenvalue weighted by atomic mass is 10.1. The fourth-order valence-corrected chi connectivity index (χ4v) is 3.00. The van der Waals surface area contributed by atoms with Crippen molar-refractivity contribution in [2.45, 2.75) is 25.5 Å². The lowest BCUT2D eigenvalue weighted by Gasteiger charge is -2.25. The number of rotatable bonds is 7. The summed E-state index contributed by atoms with van der Waals surface area (Å²) in [4.78, 5) is 12.6. The van der Waals surface area contributed by atoms with Gasteiger partial charge in [-0.3, -0.25) is 9.89 Å². The number of carbonyl (C=O) groups is 1. The van der Waals surface area contributed by atoms with Crippen LogP contribution in [0.2, 0.25) is 0 Å². The third kappa shape index (κ3) is 4.76. The number of H-pyrrole nitrogens is 1. The van der Waals surface area contributed by atoms with Gasteiger partial charge in [-0.2, -0.15) is 13.9 Å². The Morgan fingerprint density at radius 2 is 2.07 bits per heavy atom. The number of piperidine rings is 1. The van der Waals surface area contributed by atoms with Crippen LogP contribution in [0, 0.1) is 0 Å². The largest absolute Gasteiger partial charge is 0.434 e. The van der Waals surface area contributed by atoms with Gasteiger partial charge < -0.3 is 20.7 Å². The van der Waals surface area contributed by atoms with Crippen molar-refractivity contribution in [2.75, 3.05) is 18.4 Å². The highest BCUT2D eigenvalue weighted by Crippen LogP contribution is 2.24. The zero-order chi connectivity index (χ0) is 19.9. The third-order valence-corrected chi connectivity index (χ3v) is 4.35. The maximum atomic E-state index is 12.6. The number of benzene rings is 1. The van der Waals surface area contributed by atoms with E-state index in [9.17, 15) is 13.6 Å². The van der Waals surface area contributed by atoms with Crippen molar-refractivity contribution in [2.24, 2.45) is 0 Å². The Morgan fingerprint density at radius 1 is 1.32 bits per heavy atom. The van der Waals surface area contributed by atoms with E-state index in [1.54, 1.807) is 6.07 Å². The highest BCUT2D eigenvalue weighted by atomic mass is 19.3. The number of nitrogens with zero attached hydrogens (tertiary/aromatic N) is 1. The number of halogens is 2. The molecule has 0 unspecified atom stereocenters. The normalized spacial score (nSPS) is 14.4. The van der Waals surface area contributed by atoms with Crippen molar-refractivity contribution >= 4 is 17.3 Å². The number of hydrogen-bond acceptors (Lipinski definition) is 5. The minimum Gasteiger partial charge on any atom is -0.434 e. The summed E-state index contributed by atoms with van der Waals surface area (Å²) >= 11 is 0. The van der Waals surface area contributed by atoms with Gasteiger partial charge in [0.1, 0.15) is 17.1 Å². The Kier molecular flexibility index (Phi) is 6.41. The molecule has 1 amide bonds. The second-order valence-corrected chi connectivity index (χ2v) is 6.21. The number of alkyl halides is 2. The van der Waals surface area contributed by atoms with Crippen LogP contribution in [0.25, 0.3) is 5.70 Å². The number of amides is 1. The first-order valence-electron chi connectivity index (χ1n) is 8.84. The van der Waals surface area contributed by atoms with Crippen LogP contribution in [-0.2, 0) is 0 Å². The highest BCUT2D eigenvalue weighted by molar-refractivity contribution is 6.07. The lowest BCUT2D eigenvalue weighted by Crippen LogP contribution is -2.39. The Balaban J connectivity index is 1.76. The topological polar surface area (TPSA) is 91.1 Å². The summed E-state index contributed by atoms with van der Waals surface area (Å²) in [7, 11) is 0. The molecule has 2 aromatic rings. The van der Waals surface area contributed by atoms with Gasteiger partial charge in [0.05, 0.1) is 17.4 Å². The highest BCUT2D eigenvalue weighted by Gasteiger charge is 2.20. The smallest absolute Gasteiger partial charge is 0.387 e. The van der Waals surface area contributed by atoms with Crippen LogP contribution in [0.15, 0.2) is 42.8 Å². The molecule has 1 saturated heterocycles. The molecule has 3 rings (SSSR count). The van der Waals surface area contributed by atoms with Crippen molar-refractivity contribution in [1.29, 1.82) is 0 Å². The van der Waals surface area contributed by atoms with Crippen molar-refractivity contribution < 1.29 is 18.3 Å². The molecular weight excluding hydrogens is 368 g/mol. The summed E-state index contributed by atoms with van der Waals surface area (Å²) in [5.41, 5.74) is 4.29. The van der Waals surface area contributed by atoms with Crippen LogP contribution in [-0.4, -0.2) is 41.8 Å². The summed E-state index contributed by atoms with van der Waals surface area (Å²) in [6, 6.07) is 6.05. The average Bonchev–Trinajstić information content (AvgIpc) is 3.14. The van der Waals surface area contributed by atoms with Gasteiger partial charge in [0.2, 0.25) is 0 Å². The summed E-state index contributed by atoms with van der Waals surface area (Å²) in [5.74, 6) is -0.795. The fourth-order valence-electron chi connectivity index (χ4n) is 3.00. The zero-order valence-electron chi connectivity index (χ0n) is 15.1. The molecule has 0 spiro atoms. The van der Waals surface area contributed by atoms with Gasteiger partial charge in [0, 0.05) is 6.04 Å². The van der Waals surface area contributed by atoms with Crippen LogP contribution in [0.1, 0.15) is 28.9 Å². The summed E-state index contributed by atoms with van der Waals surface area (Å²) in [5, 5.41) is 16.1. The van der Waals surface area contributed by atoms with Gasteiger partial charge in [0.25, 0.3) is 5.91 Å². The maximum absolute atomic E-state index is 12.6. The number of hydrogen-bond donors (Lipinski definition) is 4. The molecule has 148 valence electrons. The maximum Gasteiger partial charge on any atom is 0.387 e. The van der Waals surface area contributed by atoms with Crippen LogP contribution in [0.5, 0.6) is 5.75 Å². The molecule has 0 saturated carbocycles. The van der Waals surface area contributed by atoms with E-state index in [-0.39, 0.29) is 17.4 Å². The molecule has 1 aliphatic rings. The molecule has 7 nitrogen and oxygen atoms in total. The predicted molar refractivity (Wildman–Crippen MR) is 101 cm³/mol. The van der Waals surface area contributed by atoms with Crippen LogP contribution < -0.4 is 20.7 Å². The van der Waals surface area contributed by atoms with Gasteiger partial charge in [-0.15, -0.1) is 5.73 Å². The second kappa shape index (κ2) is 9.16. The Bertz CT molecular complexity index is 871. The first-order valence-corrected chi connectivity index (χ1v) is 8.84. The number of carbonyl (C=O) groups excluding carboxylic acids is 1. The van der Waals surface area contributed by atoms with Crippen molar-refractivity contribution in [3.8, 4) is 5.75 Å². The van der Waals surface area contributed by atoms with E-state index in [4.69, 9.17) is 0 Å². The zero-order valence-corrected chi connectivity index (χ0v) is 15.1. The second-order valence-electron chi connectivity index (χ2n) is 6.21. The molecule has 1 fully saturated rings. The number of para-hydroxylation sites is 1. The summed E-state index contributed by atoms with van der Waals surface area (Å²) in [6.45, 7) is 2.50. The van der Waals surface area contributed by atoms with Gasteiger partial charge in [-0.1, -0.05) is 18.7 Å². The molecule has 4 N–H and O–H groups in total. The standard InChI is InChI=1S/C19H21F2N5O2/c1-2-14(24-12-7-9-22-10-8-12)17-15(11-23-26-17)25-18(27)13-5-3-4-6-16(13)28-19(20)21/h3-6,11-12,19,22,24H,1,7-10H2,(H,23,26)(H,25,27). The van der Waals surface area contributed by atoms with Gasteiger partial charge >= 0.3 is 6.61 Å². The van der Waals surface area contributed by atoms with Gasteiger partial charge in [-0.25, -0.2) is 0 Å². The average molecular weight is 389 g/mol. The molecular formula is C19H21F2N5O2. The third-order valence-electron chi connectivity index (χ3n) is 4.35. The lowest BCUT2D eigenvalue weighted by molar-refractivity contribution is -0.0501. The van der Waals surface area contributed by atoms with E-state index in [0.29, 0.717) is 17.1 Å². The first-order chi connectivity index (χ1) is 13.6. The summed E-state index contributed by atoms with van der Waals surface area (Å²) in [6.07, 6.45) is 3.32. The monoisotopic (exact) mass is 389 g/mol. The molecule has 1 aliphatic heterocycles. The first kappa shape index (κ1) is 19.6. The van der Waals surface area contributed by atoms with Crippen molar-refractivity contribution in [3.05, 3.63) is 54.0 Å². The number of aromatic nitrogens is 2. The molecule has 0 aliphatic carbocycles. The molecule has 1 aromatic heterocycles. The Labute approximate surface area is 160 Å². The molecule has 2 heterocycles. The molecule has 0 bridgehead atoms. The number of ether oxygens (including phenoxy) is 1. The Morgan fingerprint density at radius 3 is 2.79 bits per heavy atom. The number of nitrogens with one attached hydrogen (secondary N) is 4. The fraction of sp³-hybridized carbons (Fsp3) is 0.316. The van der Waals surface area contributed by atoms with E-state index in [1.165, 1.54) is 24.4 Å². The van der Waals surface area contributed by atoms with E-state index in [2.05, 4.69) is 43.2 Å². The number of aromatic amines is 1. The quantitative estimate of drug-likeness (QED) is 0.547. The molecule has 28 heavy (non-hydrogen) atoms. The van der Waals surface area contributed by atoms with Gasteiger partial charge in [0.15, 0.2) is 0 Å². The van der Waals surface area contributed by atoms with Crippen molar-refractivity contribution in [1.82, 2.24) is 20.8 Å². The number of anilines is 1. The van der Waals surface area contributed by atoms with Gasteiger partial charge in [-0.05, 0) is 38.1 Å². The van der Waals surface area contributed by atoms with Crippen LogP contribution >= 0.6 is 0 Å². The molecule has 1 aromatic carbocycles. The molecule has 0 radical (unpaired) electrons. The Hall–Kier alpha value is -3.16. The van der Waals surface area contributed by atoms with E-state index < -0.39 is 12.5 Å². The minimum atomic E-state index is -3.03. The minimum absolute atomic E-state index is 0.00889. The van der Waals surface area contributed by atoms with Crippen molar-refractivity contribution in [3.63, 3.8) is 0 Å². The van der Waals surface area contributed by atoms with Crippen LogP contribution in [0.3, 0.4) is 0 Å². The SMILES string of the molecule is C=C=C(NC1CCNCC1)c1[nH]ncc1NC(=O)c1ccccc1OC(F)F. The molecule has 0 atom stereocenters. The predicted octanol–water partition coefficient (Wildman–Crippen LogP) is 2.73. The van der Waals surface area contributed by atoms with E-state index in [0.717, 1.165) is 25.9 Å². The molecule has 9 heteroatoms. The summed E-state index contributed by atoms with van der Waals surface area (Å²) < 4.78 is 29.6. The van der Waals surface area contributed by atoms with Crippen LogP contribution in [0.4, 0.5) is 14.5 Å². The van der Waals surface area contributed by atoms with E-state index >= 15 is 0 Å². The van der Waals surface area contributed by atoms with E-state index in [1.807, 2.05) is 0 Å².